The first-order valence-corrected chi connectivity index (χ1v) is 6.90. The number of hydrogen-bond donors (Lipinski definition) is 1. The molecule has 1 aromatic heterocycles. The number of nitrogens with zero attached hydrogens (tertiary/aromatic N) is 1. The fraction of sp³-hybridized carbons (Fsp3) is 0.250. The number of amides is 1. The SMILES string of the molecule is COc1ccc(C(=O)NCCc2ccc(OC(F)F)cc2)cn1. The normalized spacial score (nSPS) is 10.4. The Labute approximate surface area is 132 Å². The van der Waals surface area contributed by atoms with Crippen molar-refractivity contribution >= 4 is 5.91 Å². The van der Waals surface area contributed by atoms with Gasteiger partial charge in [-0.25, -0.2) is 4.98 Å². The fourth-order valence-corrected chi connectivity index (χ4v) is 1.90. The van der Waals surface area contributed by atoms with Gasteiger partial charge in [-0.3, -0.25) is 4.79 Å². The van der Waals surface area contributed by atoms with Crippen molar-refractivity contribution in [2.24, 2.45) is 0 Å². The zero-order chi connectivity index (χ0) is 16.7. The molecule has 1 amide bonds. The molecule has 1 heterocycles. The van der Waals surface area contributed by atoms with Crippen molar-refractivity contribution in [3.8, 4) is 11.6 Å². The van der Waals surface area contributed by atoms with Crippen molar-refractivity contribution in [3.05, 3.63) is 53.7 Å². The van der Waals surface area contributed by atoms with Gasteiger partial charge in [-0.1, -0.05) is 12.1 Å². The van der Waals surface area contributed by atoms with E-state index in [1.807, 2.05) is 0 Å². The van der Waals surface area contributed by atoms with Gasteiger partial charge in [0.1, 0.15) is 5.75 Å². The molecule has 0 saturated heterocycles. The summed E-state index contributed by atoms with van der Waals surface area (Å²) in [5.41, 5.74) is 1.34. The van der Waals surface area contributed by atoms with E-state index in [0.717, 1.165) is 5.56 Å². The first-order valence-electron chi connectivity index (χ1n) is 6.90. The molecule has 0 radical (unpaired) electrons. The van der Waals surface area contributed by atoms with Crippen LogP contribution >= 0.6 is 0 Å². The highest BCUT2D eigenvalue weighted by Crippen LogP contribution is 2.15. The van der Waals surface area contributed by atoms with Crippen LogP contribution in [0.1, 0.15) is 15.9 Å². The lowest BCUT2D eigenvalue weighted by Gasteiger charge is -2.07. The fourth-order valence-electron chi connectivity index (χ4n) is 1.90. The summed E-state index contributed by atoms with van der Waals surface area (Å²) < 4.78 is 33.3. The van der Waals surface area contributed by atoms with Crippen LogP contribution in [-0.2, 0) is 6.42 Å². The van der Waals surface area contributed by atoms with Crippen LogP contribution in [0.2, 0.25) is 0 Å². The van der Waals surface area contributed by atoms with Crippen LogP contribution in [0.3, 0.4) is 0 Å². The second-order valence-electron chi connectivity index (χ2n) is 4.62. The molecule has 0 aliphatic rings. The van der Waals surface area contributed by atoms with E-state index >= 15 is 0 Å². The summed E-state index contributed by atoms with van der Waals surface area (Å²) >= 11 is 0. The Bertz CT molecular complexity index is 631. The van der Waals surface area contributed by atoms with Crippen molar-refractivity contribution in [1.82, 2.24) is 10.3 Å². The van der Waals surface area contributed by atoms with Gasteiger partial charge < -0.3 is 14.8 Å². The summed E-state index contributed by atoms with van der Waals surface area (Å²) in [6, 6.07) is 9.53. The topological polar surface area (TPSA) is 60.5 Å². The van der Waals surface area contributed by atoms with Gasteiger partial charge in [-0.15, -0.1) is 0 Å². The second kappa shape index (κ2) is 8.07. The zero-order valence-electron chi connectivity index (χ0n) is 12.5. The van der Waals surface area contributed by atoms with E-state index in [-0.39, 0.29) is 11.7 Å². The molecular formula is C16H16F2N2O3. The van der Waals surface area contributed by atoms with Crippen molar-refractivity contribution in [3.63, 3.8) is 0 Å². The van der Waals surface area contributed by atoms with Gasteiger partial charge >= 0.3 is 6.61 Å². The Kier molecular flexibility index (Phi) is 5.85. The molecule has 0 aliphatic heterocycles. The van der Waals surface area contributed by atoms with Crippen LogP contribution in [0.25, 0.3) is 0 Å². The van der Waals surface area contributed by atoms with E-state index in [4.69, 9.17) is 4.74 Å². The minimum Gasteiger partial charge on any atom is -0.481 e. The van der Waals surface area contributed by atoms with Gasteiger partial charge in [0.2, 0.25) is 5.88 Å². The summed E-state index contributed by atoms with van der Waals surface area (Å²) in [5.74, 6) is 0.308. The molecule has 7 heteroatoms. The molecular weight excluding hydrogens is 306 g/mol. The van der Waals surface area contributed by atoms with Gasteiger partial charge in [0.25, 0.3) is 5.91 Å². The number of halogens is 2. The lowest BCUT2D eigenvalue weighted by molar-refractivity contribution is -0.0498. The highest BCUT2D eigenvalue weighted by atomic mass is 19.3. The lowest BCUT2D eigenvalue weighted by Crippen LogP contribution is -2.25. The largest absolute Gasteiger partial charge is 0.481 e. The summed E-state index contributed by atoms with van der Waals surface area (Å²) in [4.78, 5) is 15.9. The predicted molar refractivity (Wildman–Crippen MR) is 79.9 cm³/mol. The maximum atomic E-state index is 12.0. The Balaban J connectivity index is 1.80. The molecule has 0 aliphatic carbocycles. The number of ether oxygens (including phenoxy) is 2. The van der Waals surface area contributed by atoms with E-state index in [2.05, 4.69) is 15.0 Å². The maximum absolute atomic E-state index is 12.0. The van der Waals surface area contributed by atoms with Gasteiger partial charge in [0.15, 0.2) is 0 Å². The maximum Gasteiger partial charge on any atom is 0.387 e. The molecule has 122 valence electrons. The summed E-state index contributed by atoms with van der Waals surface area (Å²) in [6.07, 6.45) is 2.01. The predicted octanol–water partition coefficient (Wildman–Crippen LogP) is 2.66. The van der Waals surface area contributed by atoms with Crippen LogP contribution in [0.5, 0.6) is 11.6 Å². The number of carbonyl (C=O) groups is 1. The molecule has 5 nitrogen and oxygen atoms in total. The molecule has 2 rings (SSSR count). The average Bonchev–Trinajstić information content (AvgIpc) is 2.56. The highest BCUT2D eigenvalue weighted by molar-refractivity contribution is 5.93. The Morgan fingerprint density at radius 3 is 2.52 bits per heavy atom. The standard InChI is InChI=1S/C16H16F2N2O3/c1-22-14-7-4-12(10-20-14)15(21)19-9-8-11-2-5-13(6-3-11)23-16(17)18/h2-7,10,16H,8-9H2,1H3,(H,19,21). The quantitative estimate of drug-likeness (QED) is 0.851. The van der Waals surface area contributed by atoms with E-state index in [0.29, 0.717) is 24.4 Å². The summed E-state index contributed by atoms with van der Waals surface area (Å²) in [6.45, 7) is -2.42. The minimum atomic E-state index is -2.83. The molecule has 0 atom stereocenters. The van der Waals surface area contributed by atoms with Crippen molar-refractivity contribution in [2.75, 3.05) is 13.7 Å². The first-order chi connectivity index (χ1) is 11.1. The Morgan fingerprint density at radius 2 is 1.96 bits per heavy atom. The Hall–Kier alpha value is -2.70. The molecule has 1 N–H and O–H groups in total. The molecule has 0 fully saturated rings. The molecule has 23 heavy (non-hydrogen) atoms. The van der Waals surface area contributed by atoms with Crippen LogP contribution in [-0.4, -0.2) is 31.2 Å². The third kappa shape index (κ3) is 5.21. The van der Waals surface area contributed by atoms with E-state index in [1.54, 1.807) is 24.3 Å². The van der Waals surface area contributed by atoms with E-state index in [9.17, 15) is 13.6 Å². The molecule has 1 aromatic carbocycles. The molecule has 0 saturated carbocycles. The van der Waals surface area contributed by atoms with Gasteiger partial charge in [-0.05, 0) is 30.2 Å². The van der Waals surface area contributed by atoms with Crippen LogP contribution in [0, 0.1) is 0 Å². The molecule has 0 unspecified atom stereocenters. The smallest absolute Gasteiger partial charge is 0.387 e. The monoisotopic (exact) mass is 322 g/mol. The number of rotatable bonds is 7. The van der Waals surface area contributed by atoms with Crippen LogP contribution in [0.4, 0.5) is 8.78 Å². The number of hydrogen-bond acceptors (Lipinski definition) is 4. The number of nitrogens with one attached hydrogen (secondary N) is 1. The first kappa shape index (κ1) is 16.7. The number of benzene rings is 1. The van der Waals surface area contributed by atoms with Crippen molar-refractivity contribution in [1.29, 1.82) is 0 Å². The van der Waals surface area contributed by atoms with Crippen LogP contribution < -0.4 is 14.8 Å². The highest BCUT2D eigenvalue weighted by Gasteiger charge is 2.06. The number of methoxy groups -OCH3 is 1. The third-order valence-electron chi connectivity index (χ3n) is 3.06. The van der Waals surface area contributed by atoms with Gasteiger partial charge in [0, 0.05) is 18.8 Å². The summed E-state index contributed by atoms with van der Waals surface area (Å²) in [7, 11) is 1.50. The van der Waals surface area contributed by atoms with E-state index < -0.39 is 6.61 Å². The molecule has 0 spiro atoms. The van der Waals surface area contributed by atoms with E-state index in [1.165, 1.54) is 25.4 Å². The number of alkyl halides is 2. The number of pyridine rings is 1. The lowest BCUT2D eigenvalue weighted by atomic mass is 10.1. The van der Waals surface area contributed by atoms with Crippen LogP contribution in [0.15, 0.2) is 42.6 Å². The molecule has 2 aromatic rings. The molecule has 0 bridgehead atoms. The van der Waals surface area contributed by atoms with Gasteiger partial charge in [-0.2, -0.15) is 8.78 Å². The average molecular weight is 322 g/mol. The number of aromatic nitrogens is 1. The zero-order valence-corrected chi connectivity index (χ0v) is 12.5. The van der Waals surface area contributed by atoms with Gasteiger partial charge in [0.05, 0.1) is 12.7 Å². The Morgan fingerprint density at radius 1 is 1.22 bits per heavy atom. The second-order valence-corrected chi connectivity index (χ2v) is 4.62. The van der Waals surface area contributed by atoms with Crippen molar-refractivity contribution in [2.45, 2.75) is 13.0 Å². The summed E-state index contributed by atoms with van der Waals surface area (Å²) in [5, 5.41) is 2.76. The third-order valence-corrected chi connectivity index (χ3v) is 3.06. The number of carbonyl (C=O) groups excluding carboxylic acids is 1. The van der Waals surface area contributed by atoms with Crippen molar-refractivity contribution < 1.29 is 23.0 Å². The minimum absolute atomic E-state index is 0.108.